The molecule has 2 aliphatic heterocycles. The van der Waals surface area contributed by atoms with E-state index in [2.05, 4.69) is 5.32 Å². The minimum atomic E-state index is -2.88. The van der Waals surface area contributed by atoms with E-state index in [1.165, 1.54) is 6.20 Å². The average Bonchev–Trinajstić information content (AvgIpc) is 3.46. The number of fused-ring (bicyclic) bond motifs is 2. The van der Waals surface area contributed by atoms with Crippen LogP contribution in [0.15, 0.2) is 17.1 Å². The van der Waals surface area contributed by atoms with Crippen LogP contribution in [-0.4, -0.2) is 48.4 Å². The molecule has 0 amide bonds. The SMILES string of the molecule is Cl.[2H]C([2H])([2H])Oc1c(N2C[C@@H]3CCCN[C@@H]3C2)c(F)cc2c(=O)c(C(=O)O)cn(C3CC3)c12. The topological polar surface area (TPSA) is 83.8 Å². The van der Waals surface area contributed by atoms with Gasteiger partial charge in [-0.1, -0.05) is 0 Å². The number of hydrogen-bond acceptors (Lipinski definition) is 5. The van der Waals surface area contributed by atoms with Crippen molar-refractivity contribution in [1.82, 2.24) is 9.88 Å². The summed E-state index contributed by atoms with van der Waals surface area (Å²) in [5.74, 6) is -2.12. The highest BCUT2D eigenvalue weighted by Gasteiger charge is 2.38. The molecule has 0 unspecified atom stereocenters. The molecule has 9 heteroatoms. The van der Waals surface area contributed by atoms with E-state index in [1.54, 1.807) is 9.47 Å². The first-order valence-electron chi connectivity index (χ1n) is 11.5. The fraction of sp³-hybridized carbons (Fsp3) is 0.524. The maximum Gasteiger partial charge on any atom is 0.341 e. The van der Waals surface area contributed by atoms with Crippen molar-refractivity contribution in [2.75, 3.05) is 31.6 Å². The van der Waals surface area contributed by atoms with Crippen LogP contribution in [0.1, 0.15) is 46.2 Å². The molecule has 3 fully saturated rings. The number of anilines is 1. The summed E-state index contributed by atoms with van der Waals surface area (Å²) in [7, 11) is -2.88. The van der Waals surface area contributed by atoms with Gasteiger partial charge in [0.15, 0.2) is 11.6 Å². The zero-order valence-corrected chi connectivity index (χ0v) is 17.0. The Balaban J connectivity index is 0.00000259. The number of methoxy groups -OCH3 is 1. The van der Waals surface area contributed by atoms with Gasteiger partial charge in [-0.05, 0) is 44.2 Å². The Morgan fingerprint density at radius 2 is 2.17 bits per heavy atom. The van der Waals surface area contributed by atoms with Crippen molar-refractivity contribution in [3.63, 3.8) is 0 Å². The van der Waals surface area contributed by atoms with E-state index in [0.717, 1.165) is 38.3 Å². The Kier molecular flexibility index (Phi) is 4.48. The molecular formula is C21H25ClFN3O4. The predicted molar refractivity (Wildman–Crippen MR) is 114 cm³/mol. The van der Waals surface area contributed by atoms with Crippen LogP contribution in [0.4, 0.5) is 10.1 Å². The third-order valence-corrected chi connectivity index (χ3v) is 6.39. The molecule has 1 saturated carbocycles. The molecule has 1 aromatic carbocycles. The molecule has 5 rings (SSSR count). The Bertz CT molecular complexity index is 1150. The Hall–Kier alpha value is -2.32. The van der Waals surface area contributed by atoms with Crippen LogP contribution < -0.4 is 20.4 Å². The van der Waals surface area contributed by atoms with Gasteiger partial charge in [-0.3, -0.25) is 4.79 Å². The van der Waals surface area contributed by atoms with E-state index in [1.807, 2.05) is 0 Å². The number of nitrogens with one attached hydrogen (secondary N) is 1. The number of benzene rings is 1. The van der Waals surface area contributed by atoms with Crippen LogP contribution in [0.2, 0.25) is 0 Å². The molecular weight excluding hydrogens is 413 g/mol. The summed E-state index contributed by atoms with van der Waals surface area (Å²) in [5, 5.41) is 12.7. The highest BCUT2D eigenvalue weighted by molar-refractivity contribution is 5.97. The van der Waals surface area contributed by atoms with Crippen LogP contribution in [0.25, 0.3) is 10.9 Å². The molecule has 2 saturated heterocycles. The van der Waals surface area contributed by atoms with E-state index >= 15 is 4.39 Å². The largest absolute Gasteiger partial charge is 0.492 e. The zero-order valence-electron chi connectivity index (χ0n) is 19.2. The number of rotatable bonds is 4. The molecule has 1 aliphatic carbocycles. The molecule has 3 aliphatic rings. The molecule has 0 bridgehead atoms. The zero-order chi connectivity index (χ0) is 22.8. The van der Waals surface area contributed by atoms with Gasteiger partial charge in [-0.25, -0.2) is 9.18 Å². The van der Waals surface area contributed by atoms with Gasteiger partial charge in [0, 0.05) is 31.4 Å². The number of carbonyl (C=O) groups is 1. The number of pyridine rings is 1. The molecule has 1 aromatic heterocycles. The van der Waals surface area contributed by atoms with Gasteiger partial charge < -0.3 is 24.6 Å². The standard InChI is InChI=1S/C21H24FN3O4.ClH/c1-29-20-17-13(19(26)14(21(27)28)9-25(17)12-4-5-12)7-15(22)18(20)24-8-11-3-2-6-23-16(11)10-24;/h7,9,11-12,16,23H,2-6,8,10H2,1H3,(H,27,28);1H/t11-,16+;/m0./s1/i1D3;. The van der Waals surface area contributed by atoms with Gasteiger partial charge in [-0.15, -0.1) is 12.4 Å². The number of carboxylic acids is 1. The third-order valence-electron chi connectivity index (χ3n) is 6.39. The highest BCUT2D eigenvalue weighted by atomic mass is 35.5. The number of nitrogens with zero attached hydrogens (tertiary/aromatic N) is 2. The van der Waals surface area contributed by atoms with E-state index in [0.29, 0.717) is 19.0 Å². The maximum absolute atomic E-state index is 15.5. The van der Waals surface area contributed by atoms with Crippen molar-refractivity contribution < 1.29 is 23.1 Å². The van der Waals surface area contributed by atoms with Crippen LogP contribution >= 0.6 is 12.4 Å². The number of piperidine rings is 1. The number of ether oxygens (including phenoxy) is 1. The molecule has 2 atom stereocenters. The van der Waals surface area contributed by atoms with Gasteiger partial charge in [0.05, 0.1) is 22.1 Å². The maximum atomic E-state index is 15.5. The highest BCUT2D eigenvalue weighted by Crippen LogP contribution is 2.45. The number of carboxylic acid groups (broad SMARTS) is 1. The molecule has 0 radical (unpaired) electrons. The smallest absolute Gasteiger partial charge is 0.341 e. The molecule has 2 N–H and O–H groups in total. The van der Waals surface area contributed by atoms with Crippen molar-refractivity contribution in [1.29, 1.82) is 0 Å². The van der Waals surface area contributed by atoms with Crippen LogP contribution in [-0.2, 0) is 0 Å². The van der Waals surface area contributed by atoms with Crippen molar-refractivity contribution in [3.8, 4) is 5.75 Å². The lowest BCUT2D eigenvalue weighted by atomic mass is 9.94. The van der Waals surface area contributed by atoms with Crippen molar-refractivity contribution in [3.05, 3.63) is 33.9 Å². The number of halogens is 2. The lowest BCUT2D eigenvalue weighted by molar-refractivity contribution is 0.0695. The second-order valence-electron chi connectivity index (χ2n) is 8.22. The monoisotopic (exact) mass is 440 g/mol. The first kappa shape index (κ1) is 17.4. The minimum Gasteiger partial charge on any atom is -0.492 e. The quantitative estimate of drug-likeness (QED) is 0.760. The van der Waals surface area contributed by atoms with Gasteiger partial charge in [0.2, 0.25) is 5.43 Å². The number of aromatic carboxylic acids is 1. The predicted octanol–water partition coefficient (Wildman–Crippen LogP) is 2.79. The second kappa shape index (κ2) is 7.74. The van der Waals surface area contributed by atoms with Crippen molar-refractivity contribution in [2.45, 2.75) is 37.8 Å². The summed E-state index contributed by atoms with van der Waals surface area (Å²) in [5.41, 5.74) is -1.19. The summed E-state index contributed by atoms with van der Waals surface area (Å²) in [6.07, 6.45) is 4.73. The Labute approximate surface area is 183 Å². The molecule has 3 heterocycles. The summed E-state index contributed by atoms with van der Waals surface area (Å²) in [4.78, 5) is 26.3. The van der Waals surface area contributed by atoms with Gasteiger partial charge >= 0.3 is 5.97 Å². The second-order valence-corrected chi connectivity index (χ2v) is 8.22. The van der Waals surface area contributed by atoms with Crippen LogP contribution in [0, 0.1) is 11.7 Å². The minimum absolute atomic E-state index is 0. The van der Waals surface area contributed by atoms with Crippen LogP contribution in [0.5, 0.6) is 5.75 Å². The average molecular weight is 441 g/mol. The van der Waals surface area contributed by atoms with Gasteiger partial charge in [0.1, 0.15) is 11.3 Å². The lowest BCUT2D eigenvalue weighted by Gasteiger charge is -2.25. The number of aromatic nitrogens is 1. The summed E-state index contributed by atoms with van der Waals surface area (Å²) in [6, 6.07) is 1.09. The summed E-state index contributed by atoms with van der Waals surface area (Å²) < 4.78 is 45.5. The summed E-state index contributed by atoms with van der Waals surface area (Å²) in [6.45, 7) is 1.91. The first-order chi connectivity index (χ1) is 15.1. The fourth-order valence-electron chi connectivity index (χ4n) is 4.86. The molecule has 2 aromatic rings. The molecule has 162 valence electrons. The van der Waals surface area contributed by atoms with Gasteiger partial charge in [-0.2, -0.15) is 0 Å². The lowest BCUT2D eigenvalue weighted by Crippen LogP contribution is -2.40. The number of hydrogen-bond donors (Lipinski definition) is 2. The van der Waals surface area contributed by atoms with E-state index in [9.17, 15) is 14.7 Å². The van der Waals surface area contributed by atoms with E-state index in [4.69, 9.17) is 8.85 Å². The normalized spacial score (nSPS) is 25.1. The van der Waals surface area contributed by atoms with E-state index in [-0.39, 0.29) is 46.8 Å². The molecule has 30 heavy (non-hydrogen) atoms. The van der Waals surface area contributed by atoms with Crippen LogP contribution in [0.3, 0.4) is 0 Å². The van der Waals surface area contributed by atoms with Crippen molar-refractivity contribution >= 4 is 35.0 Å². The summed E-state index contributed by atoms with van der Waals surface area (Å²) >= 11 is 0. The van der Waals surface area contributed by atoms with Crippen molar-refractivity contribution in [2.24, 2.45) is 5.92 Å². The fourth-order valence-corrected chi connectivity index (χ4v) is 4.86. The molecule has 7 nitrogen and oxygen atoms in total. The van der Waals surface area contributed by atoms with Gasteiger partial charge in [0.25, 0.3) is 0 Å². The first-order valence-corrected chi connectivity index (χ1v) is 9.96. The molecule has 0 spiro atoms. The third kappa shape index (κ3) is 3.22. The Morgan fingerprint density at radius 3 is 2.83 bits per heavy atom. The Morgan fingerprint density at radius 1 is 1.37 bits per heavy atom. The van der Waals surface area contributed by atoms with E-state index < -0.39 is 29.8 Å².